The van der Waals surface area contributed by atoms with Gasteiger partial charge in [0.2, 0.25) is 0 Å². The Hall–Kier alpha value is -3.60. The van der Waals surface area contributed by atoms with Crippen LogP contribution in [0.4, 0.5) is 11.4 Å². The minimum Gasteiger partial charge on any atom is -0.363 e. The first-order valence-electron chi connectivity index (χ1n) is 16.9. The van der Waals surface area contributed by atoms with Crippen molar-refractivity contribution < 1.29 is 0 Å². The van der Waals surface area contributed by atoms with Crippen molar-refractivity contribution in [3.05, 3.63) is 129 Å². The highest BCUT2D eigenvalue weighted by atomic mass is 15.2. The minimum atomic E-state index is 0. The number of benzene rings is 4. The van der Waals surface area contributed by atoms with Crippen molar-refractivity contribution in [2.75, 3.05) is 50.1 Å². The lowest BCUT2D eigenvalue weighted by Crippen LogP contribution is -2.44. The van der Waals surface area contributed by atoms with Gasteiger partial charge in [0, 0.05) is 61.5 Å². The van der Waals surface area contributed by atoms with Gasteiger partial charge in [0.25, 0.3) is 0 Å². The average molecular weight is 597 g/mol. The summed E-state index contributed by atoms with van der Waals surface area (Å²) in [6, 6.07) is 33.4. The van der Waals surface area contributed by atoms with Crippen molar-refractivity contribution in [3.63, 3.8) is 0 Å². The molecule has 0 radical (unpaired) electrons. The summed E-state index contributed by atoms with van der Waals surface area (Å²) in [5, 5.41) is 0. The monoisotopic (exact) mass is 596 g/mol. The predicted molar refractivity (Wildman–Crippen MR) is 188 cm³/mol. The number of rotatable bonds is 0. The zero-order valence-corrected chi connectivity index (χ0v) is 26.3. The van der Waals surface area contributed by atoms with Crippen LogP contribution < -0.4 is 9.80 Å². The molecule has 0 bridgehead atoms. The number of para-hydroxylation sites is 2. The normalized spacial score (nSPS) is 25.6. The number of hydrogen-bond donors (Lipinski definition) is 0. The van der Waals surface area contributed by atoms with Crippen LogP contribution in [0.2, 0.25) is 0 Å². The van der Waals surface area contributed by atoms with E-state index >= 15 is 0 Å². The molecule has 2 saturated heterocycles. The fourth-order valence-corrected chi connectivity index (χ4v) is 9.64. The zero-order valence-electron chi connectivity index (χ0n) is 26.3. The third-order valence-corrected chi connectivity index (χ3v) is 11.7. The molecule has 4 aromatic rings. The standard InChI is InChI=1S/2C20H22N2.CH4/c2*1-21-10-9-19-18(13-21)17-8-4-7-15-11-14-5-2-3-6-16(14)12-22(19)20(15)17;/h2*2-8,18-19H,9-13H2,1H3;1H4/t2*18-,19+;/m10./s1. The molecular formula is C41H48N4. The molecule has 0 saturated carbocycles. The van der Waals surface area contributed by atoms with Crippen LogP contribution >= 0.6 is 0 Å². The second-order valence-electron chi connectivity index (χ2n) is 14.3. The molecule has 0 aromatic heterocycles. The maximum atomic E-state index is 2.73. The topological polar surface area (TPSA) is 13.0 Å². The summed E-state index contributed by atoms with van der Waals surface area (Å²) < 4.78 is 0. The summed E-state index contributed by atoms with van der Waals surface area (Å²) in [4.78, 5) is 10.5. The number of nitrogens with zero attached hydrogens (tertiary/aromatic N) is 4. The Balaban J connectivity index is 0.000000131. The van der Waals surface area contributed by atoms with Gasteiger partial charge in [-0.05, 0) is 97.4 Å². The van der Waals surface area contributed by atoms with Gasteiger partial charge in [0.05, 0.1) is 0 Å². The lowest BCUT2D eigenvalue weighted by molar-refractivity contribution is 0.231. The highest BCUT2D eigenvalue weighted by molar-refractivity contribution is 5.70. The number of likely N-dealkylation sites (tertiary alicyclic amines) is 2. The van der Waals surface area contributed by atoms with E-state index in [1.807, 2.05) is 0 Å². The summed E-state index contributed by atoms with van der Waals surface area (Å²) >= 11 is 0. The van der Waals surface area contributed by atoms with Gasteiger partial charge in [0.15, 0.2) is 0 Å². The third kappa shape index (κ3) is 4.72. The van der Waals surface area contributed by atoms with E-state index in [1.54, 1.807) is 22.5 Å². The highest BCUT2D eigenvalue weighted by Gasteiger charge is 2.44. The van der Waals surface area contributed by atoms with Crippen LogP contribution in [0.15, 0.2) is 84.9 Å². The van der Waals surface area contributed by atoms with Gasteiger partial charge < -0.3 is 19.6 Å². The van der Waals surface area contributed by atoms with E-state index in [0.717, 1.165) is 25.9 Å². The van der Waals surface area contributed by atoms with Gasteiger partial charge >= 0.3 is 0 Å². The third-order valence-electron chi connectivity index (χ3n) is 11.7. The second-order valence-corrected chi connectivity index (χ2v) is 14.3. The molecule has 0 spiro atoms. The summed E-state index contributed by atoms with van der Waals surface area (Å²) in [5.74, 6) is 1.39. The number of anilines is 2. The molecule has 2 fully saturated rings. The first-order chi connectivity index (χ1) is 21.6. The van der Waals surface area contributed by atoms with Crippen LogP contribution in [0.5, 0.6) is 0 Å². The average Bonchev–Trinajstić information content (AvgIpc) is 3.35. The molecule has 0 amide bonds. The number of likely N-dealkylation sites (N-methyl/N-ethyl adjacent to an activating group) is 2. The Bertz CT molecular complexity index is 1600. The highest BCUT2D eigenvalue weighted by Crippen LogP contribution is 2.50. The van der Waals surface area contributed by atoms with Crippen molar-refractivity contribution in [2.45, 2.75) is 70.1 Å². The maximum Gasteiger partial charge on any atom is 0.0444 e. The van der Waals surface area contributed by atoms with Crippen LogP contribution in [-0.4, -0.2) is 62.2 Å². The maximum absolute atomic E-state index is 2.73. The Morgan fingerprint density at radius 1 is 0.489 bits per heavy atom. The van der Waals surface area contributed by atoms with Crippen molar-refractivity contribution in [2.24, 2.45) is 0 Å². The molecular weight excluding hydrogens is 548 g/mol. The van der Waals surface area contributed by atoms with Crippen LogP contribution in [0.1, 0.15) is 76.6 Å². The summed E-state index contributed by atoms with van der Waals surface area (Å²) in [5.41, 5.74) is 15.4. The fraction of sp³-hybridized carbons (Fsp3) is 0.415. The molecule has 0 unspecified atom stereocenters. The van der Waals surface area contributed by atoms with Crippen LogP contribution in [0.25, 0.3) is 0 Å². The van der Waals surface area contributed by atoms with Crippen LogP contribution in [0.3, 0.4) is 0 Å². The first kappa shape index (κ1) is 28.8. The van der Waals surface area contributed by atoms with Gasteiger partial charge in [-0.15, -0.1) is 0 Å². The molecule has 6 aliphatic rings. The zero-order chi connectivity index (χ0) is 29.4. The molecule has 4 nitrogen and oxygen atoms in total. The van der Waals surface area contributed by atoms with E-state index in [2.05, 4.69) is 119 Å². The van der Waals surface area contributed by atoms with E-state index in [-0.39, 0.29) is 7.43 Å². The smallest absolute Gasteiger partial charge is 0.0444 e. The Morgan fingerprint density at radius 3 is 1.33 bits per heavy atom. The van der Waals surface area contributed by atoms with E-state index in [1.165, 1.54) is 72.4 Å². The number of hydrogen-bond acceptors (Lipinski definition) is 4. The summed E-state index contributed by atoms with van der Waals surface area (Å²) in [7, 11) is 4.53. The SMILES string of the molecule is C.CN1CC[C@@H]2[C@@H](C1)c1cccc3c1N2Cc1ccccc1C3.CN1CC[C@H]2[C@H](C1)c1cccc3c1N2Cc1ccccc1C3. The van der Waals surface area contributed by atoms with E-state index in [9.17, 15) is 0 Å². The van der Waals surface area contributed by atoms with E-state index in [0.29, 0.717) is 23.9 Å². The minimum absolute atomic E-state index is 0. The second kappa shape index (κ2) is 11.3. The molecule has 4 atom stereocenters. The Labute approximate surface area is 270 Å². The van der Waals surface area contributed by atoms with Crippen molar-refractivity contribution in [1.82, 2.24) is 9.80 Å². The predicted octanol–water partition coefficient (Wildman–Crippen LogP) is 7.43. The van der Waals surface area contributed by atoms with Crippen molar-refractivity contribution >= 4 is 11.4 Å². The number of piperidine rings is 2. The molecule has 4 heteroatoms. The largest absolute Gasteiger partial charge is 0.363 e. The molecule has 6 aliphatic heterocycles. The van der Waals surface area contributed by atoms with Crippen LogP contribution in [-0.2, 0) is 25.9 Å². The van der Waals surface area contributed by atoms with E-state index in [4.69, 9.17) is 0 Å². The van der Waals surface area contributed by atoms with Crippen LogP contribution in [0, 0.1) is 0 Å². The lowest BCUT2D eigenvalue weighted by Gasteiger charge is -2.37. The van der Waals surface area contributed by atoms with E-state index < -0.39 is 0 Å². The quantitative estimate of drug-likeness (QED) is 0.209. The van der Waals surface area contributed by atoms with Gasteiger partial charge in [-0.2, -0.15) is 0 Å². The molecule has 0 N–H and O–H groups in total. The lowest BCUT2D eigenvalue weighted by atomic mass is 9.88. The van der Waals surface area contributed by atoms with Crippen molar-refractivity contribution in [3.8, 4) is 0 Å². The first-order valence-corrected chi connectivity index (χ1v) is 16.9. The molecule has 6 heterocycles. The molecule has 0 aliphatic carbocycles. The summed E-state index contributed by atoms with van der Waals surface area (Å²) in [6.07, 6.45) is 4.76. The van der Waals surface area contributed by atoms with Gasteiger partial charge in [-0.1, -0.05) is 92.4 Å². The fourth-order valence-electron chi connectivity index (χ4n) is 9.64. The molecule has 10 rings (SSSR count). The summed E-state index contributed by atoms with van der Waals surface area (Å²) in [6.45, 7) is 7.04. The van der Waals surface area contributed by atoms with Gasteiger partial charge in [-0.25, -0.2) is 0 Å². The molecule has 45 heavy (non-hydrogen) atoms. The Morgan fingerprint density at radius 2 is 0.889 bits per heavy atom. The molecule has 232 valence electrons. The Kier molecular flexibility index (Phi) is 7.26. The number of fused-ring (bicyclic) bond motifs is 8. The van der Waals surface area contributed by atoms with Crippen molar-refractivity contribution in [1.29, 1.82) is 0 Å². The van der Waals surface area contributed by atoms with Gasteiger partial charge in [-0.3, -0.25) is 0 Å². The molecule has 4 aromatic carbocycles. The van der Waals surface area contributed by atoms with Gasteiger partial charge in [0.1, 0.15) is 0 Å².